The maximum atomic E-state index is 8.70. The lowest BCUT2D eigenvalue weighted by atomic mass is 10.2. The Hall–Kier alpha value is -1.65. The van der Waals surface area contributed by atoms with Gasteiger partial charge in [-0.1, -0.05) is 18.2 Å². The van der Waals surface area contributed by atoms with Crippen molar-refractivity contribution in [3.63, 3.8) is 0 Å². The number of benzene rings is 1. The van der Waals surface area contributed by atoms with Gasteiger partial charge < -0.3 is 15.2 Å². The highest BCUT2D eigenvalue weighted by molar-refractivity contribution is 5.84. The fourth-order valence-electron chi connectivity index (χ4n) is 1.84. The Morgan fingerprint density at radius 3 is 2.94 bits per heavy atom. The average molecular weight is 246 g/mol. The van der Waals surface area contributed by atoms with Crippen LogP contribution in [0.1, 0.15) is 12.1 Å². The fourth-order valence-corrected chi connectivity index (χ4v) is 1.84. The summed E-state index contributed by atoms with van der Waals surface area (Å²) in [5.41, 5.74) is 1.87. The van der Waals surface area contributed by atoms with Crippen LogP contribution in [0.25, 0.3) is 10.9 Å². The van der Waals surface area contributed by atoms with Crippen molar-refractivity contribution in [1.29, 1.82) is 0 Å². The van der Waals surface area contributed by atoms with Crippen molar-refractivity contribution in [3.8, 4) is 5.75 Å². The van der Waals surface area contributed by atoms with Crippen molar-refractivity contribution in [1.82, 2.24) is 10.3 Å². The molecule has 1 aromatic heterocycles. The van der Waals surface area contributed by atoms with Crippen LogP contribution in [0.3, 0.4) is 0 Å². The summed E-state index contributed by atoms with van der Waals surface area (Å²) in [4.78, 5) is 4.59. The first-order valence-corrected chi connectivity index (χ1v) is 6.09. The van der Waals surface area contributed by atoms with Gasteiger partial charge in [-0.2, -0.15) is 0 Å². The number of nitrogens with zero attached hydrogens (tertiary/aromatic N) is 1. The third kappa shape index (κ3) is 2.97. The van der Waals surface area contributed by atoms with Gasteiger partial charge in [0.15, 0.2) is 0 Å². The Labute approximate surface area is 107 Å². The quantitative estimate of drug-likeness (QED) is 0.762. The Kier molecular flexibility index (Phi) is 4.50. The highest BCUT2D eigenvalue weighted by atomic mass is 16.5. The maximum Gasteiger partial charge on any atom is 0.145 e. The highest BCUT2D eigenvalue weighted by Crippen LogP contribution is 2.23. The largest absolute Gasteiger partial charge is 0.494 e. The van der Waals surface area contributed by atoms with E-state index in [4.69, 9.17) is 9.84 Å². The predicted molar refractivity (Wildman–Crippen MR) is 71.7 cm³/mol. The van der Waals surface area contributed by atoms with E-state index in [1.807, 2.05) is 30.3 Å². The summed E-state index contributed by atoms with van der Waals surface area (Å²) in [6.07, 6.45) is 0.761. The zero-order valence-corrected chi connectivity index (χ0v) is 10.5. The molecule has 96 valence electrons. The van der Waals surface area contributed by atoms with Gasteiger partial charge in [0.25, 0.3) is 0 Å². The minimum atomic E-state index is 0.214. The lowest BCUT2D eigenvalue weighted by Gasteiger charge is -2.07. The van der Waals surface area contributed by atoms with Crippen molar-refractivity contribution in [2.75, 3.05) is 20.3 Å². The molecular weight excluding hydrogens is 228 g/mol. The second-order valence-corrected chi connectivity index (χ2v) is 4.09. The summed E-state index contributed by atoms with van der Waals surface area (Å²) in [5, 5.41) is 13.0. The lowest BCUT2D eigenvalue weighted by molar-refractivity contribution is 0.286. The summed E-state index contributed by atoms with van der Waals surface area (Å²) in [6.45, 7) is 1.71. The predicted octanol–water partition coefficient (Wildman–Crippen LogP) is 1.72. The van der Waals surface area contributed by atoms with Gasteiger partial charge in [-0.3, -0.25) is 0 Å². The Morgan fingerprint density at radius 1 is 1.28 bits per heavy atom. The number of nitrogens with one attached hydrogen (secondary N) is 1. The molecule has 0 unspecified atom stereocenters. The third-order valence-corrected chi connectivity index (χ3v) is 2.78. The molecular formula is C14H18N2O2. The van der Waals surface area contributed by atoms with Crippen molar-refractivity contribution in [2.45, 2.75) is 13.0 Å². The van der Waals surface area contributed by atoms with Gasteiger partial charge in [-0.15, -0.1) is 0 Å². The zero-order valence-electron chi connectivity index (χ0n) is 10.5. The first kappa shape index (κ1) is 12.8. The molecule has 0 saturated carbocycles. The van der Waals surface area contributed by atoms with Gasteiger partial charge >= 0.3 is 0 Å². The van der Waals surface area contributed by atoms with Crippen LogP contribution in [0.4, 0.5) is 0 Å². The number of aliphatic hydroxyl groups excluding tert-OH is 1. The van der Waals surface area contributed by atoms with Crippen LogP contribution in [-0.2, 0) is 6.54 Å². The number of para-hydroxylation sites is 1. The van der Waals surface area contributed by atoms with E-state index in [0.29, 0.717) is 6.54 Å². The van der Waals surface area contributed by atoms with Gasteiger partial charge in [0.05, 0.1) is 12.8 Å². The van der Waals surface area contributed by atoms with E-state index in [0.717, 1.165) is 35.3 Å². The number of methoxy groups -OCH3 is 1. The summed E-state index contributed by atoms with van der Waals surface area (Å²) in [5.74, 6) is 0.796. The average Bonchev–Trinajstić information content (AvgIpc) is 2.43. The molecule has 0 aliphatic heterocycles. The van der Waals surface area contributed by atoms with Crippen LogP contribution >= 0.6 is 0 Å². The number of fused-ring (bicyclic) bond motifs is 1. The number of aliphatic hydroxyl groups is 1. The van der Waals surface area contributed by atoms with Gasteiger partial charge in [0.1, 0.15) is 11.3 Å². The van der Waals surface area contributed by atoms with E-state index in [1.165, 1.54) is 0 Å². The van der Waals surface area contributed by atoms with Crippen LogP contribution in [0.2, 0.25) is 0 Å². The second-order valence-electron chi connectivity index (χ2n) is 4.09. The highest BCUT2D eigenvalue weighted by Gasteiger charge is 2.03. The molecule has 0 spiro atoms. The van der Waals surface area contributed by atoms with E-state index < -0.39 is 0 Å². The molecule has 4 heteroatoms. The van der Waals surface area contributed by atoms with Crippen LogP contribution in [0.15, 0.2) is 30.3 Å². The van der Waals surface area contributed by atoms with Crippen LogP contribution < -0.4 is 10.1 Å². The van der Waals surface area contributed by atoms with E-state index in [1.54, 1.807) is 7.11 Å². The molecule has 2 aromatic rings. The number of hydrogen-bond acceptors (Lipinski definition) is 4. The van der Waals surface area contributed by atoms with Crippen molar-refractivity contribution < 1.29 is 9.84 Å². The third-order valence-electron chi connectivity index (χ3n) is 2.78. The maximum absolute atomic E-state index is 8.70. The molecule has 0 aliphatic rings. The molecule has 0 saturated heterocycles. The van der Waals surface area contributed by atoms with E-state index >= 15 is 0 Å². The summed E-state index contributed by atoms with van der Waals surface area (Å²) >= 11 is 0. The monoisotopic (exact) mass is 246 g/mol. The molecule has 2 rings (SSSR count). The van der Waals surface area contributed by atoms with E-state index in [2.05, 4.69) is 10.3 Å². The van der Waals surface area contributed by atoms with Crippen LogP contribution in [-0.4, -0.2) is 30.4 Å². The molecule has 1 heterocycles. The minimum absolute atomic E-state index is 0.214. The van der Waals surface area contributed by atoms with Gasteiger partial charge in [-0.25, -0.2) is 4.98 Å². The van der Waals surface area contributed by atoms with Crippen molar-refractivity contribution >= 4 is 10.9 Å². The molecule has 0 atom stereocenters. The number of rotatable bonds is 6. The van der Waals surface area contributed by atoms with Gasteiger partial charge in [-0.05, 0) is 25.1 Å². The number of hydrogen-bond donors (Lipinski definition) is 2. The Balaban J connectivity index is 2.15. The molecule has 0 amide bonds. The summed E-state index contributed by atoms with van der Waals surface area (Å²) < 4.78 is 5.31. The lowest BCUT2D eigenvalue weighted by Crippen LogP contribution is -2.16. The second kappa shape index (κ2) is 6.33. The molecule has 0 radical (unpaired) electrons. The number of aromatic nitrogens is 1. The summed E-state index contributed by atoms with van der Waals surface area (Å²) in [6, 6.07) is 9.95. The molecule has 0 aliphatic carbocycles. The topological polar surface area (TPSA) is 54.4 Å². The van der Waals surface area contributed by atoms with E-state index in [9.17, 15) is 0 Å². The van der Waals surface area contributed by atoms with E-state index in [-0.39, 0.29) is 6.61 Å². The molecule has 1 aromatic carbocycles. The standard InChI is InChI=1S/C14H18N2O2/c1-18-13-5-2-4-11-6-7-12(16-14(11)13)10-15-8-3-9-17/h2,4-7,15,17H,3,8-10H2,1H3. The molecule has 18 heavy (non-hydrogen) atoms. The van der Waals surface area contributed by atoms with Gasteiger partial charge in [0, 0.05) is 18.5 Å². The van der Waals surface area contributed by atoms with Gasteiger partial charge in [0.2, 0.25) is 0 Å². The minimum Gasteiger partial charge on any atom is -0.494 e. The Morgan fingerprint density at radius 2 is 2.17 bits per heavy atom. The van der Waals surface area contributed by atoms with Crippen molar-refractivity contribution in [3.05, 3.63) is 36.0 Å². The Bertz CT molecular complexity index is 514. The molecule has 4 nitrogen and oxygen atoms in total. The SMILES string of the molecule is COc1cccc2ccc(CNCCCO)nc12. The van der Waals surface area contributed by atoms with Crippen LogP contribution in [0, 0.1) is 0 Å². The smallest absolute Gasteiger partial charge is 0.145 e. The number of ether oxygens (including phenoxy) is 1. The zero-order chi connectivity index (χ0) is 12.8. The first-order chi connectivity index (χ1) is 8.85. The number of pyridine rings is 1. The van der Waals surface area contributed by atoms with Crippen molar-refractivity contribution in [2.24, 2.45) is 0 Å². The van der Waals surface area contributed by atoms with Crippen LogP contribution in [0.5, 0.6) is 5.75 Å². The molecule has 2 N–H and O–H groups in total. The molecule has 0 bridgehead atoms. The fraction of sp³-hybridized carbons (Fsp3) is 0.357. The molecule has 0 fully saturated rings. The summed E-state index contributed by atoms with van der Waals surface area (Å²) in [7, 11) is 1.66. The normalized spacial score (nSPS) is 10.8. The first-order valence-electron chi connectivity index (χ1n) is 6.09.